The molecule has 82 valence electrons. The molecule has 1 aromatic rings. The van der Waals surface area contributed by atoms with Gasteiger partial charge in [0.25, 0.3) is 0 Å². The minimum absolute atomic E-state index is 0.435. The van der Waals surface area contributed by atoms with E-state index in [0.29, 0.717) is 18.2 Å². The van der Waals surface area contributed by atoms with E-state index in [0.717, 1.165) is 11.1 Å². The Labute approximate surface area is 91.1 Å². The second kappa shape index (κ2) is 4.67. The van der Waals surface area contributed by atoms with Crippen LogP contribution in [0, 0.1) is 0 Å². The van der Waals surface area contributed by atoms with Crippen LogP contribution in [0.5, 0.6) is 5.75 Å². The summed E-state index contributed by atoms with van der Waals surface area (Å²) in [4.78, 5) is 0. The van der Waals surface area contributed by atoms with Crippen LogP contribution in [-0.4, -0.2) is 5.11 Å². The summed E-state index contributed by atoms with van der Waals surface area (Å²) in [5, 5.41) is 9.92. The van der Waals surface area contributed by atoms with Crippen molar-refractivity contribution < 1.29 is 5.11 Å². The third kappa shape index (κ3) is 2.32. The number of phenols is 1. The third-order valence-corrected chi connectivity index (χ3v) is 3.38. The van der Waals surface area contributed by atoms with E-state index in [1.165, 1.54) is 32.1 Å². The predicted molar refractivity (Wildman–Crippen MR) is 61.8 cm³/mol. The maximum atomic E-state index is 9.92. The molecule has 0 amide bonds. The SMILES string of the molecule is NCc1ccc(C2CCCCC2)c(O)c1. The molecule has 1 aliphatic carbocycles. The lowest BCUT2D eigenvalue weighted by Crippen LogP contribution is -2.05. The number of phenolic OH excluding ortho intramolecular Hbond substituents is 1. The van der Waals surface area contributed by atoms with Gasteiger partial charge in [-0.2, -0.15) is 0 Å². The van der Waals surface area contributed by atoms with Gasteiger partial charge in [0.2, 0.25) is 0 Å². The smallest absolute Gasteiger partial charge is 0.119 e. The molecule has 0 spiro atoms. The van der Waals surface area contributed by atoms with E-state index in [1.807, 2.05) is 18.2 Å². The van der Waals surface area contributed by atoms with Gasteiger partial charge >= 0.3 is 0 Å². The molecule has 1 aromatic carbocycles. The van der Waals surface area contributed by atoms with Gasteiger partial charge in [-0.25, -0.2) is 0 Å². The lowest BCUT2D eigenvalue weighted by molar-refractivity contribution is 0.414. The van der Waals surface area contributed by atoms with Crippen LogP contribution in [0.2, 0.25) is 0 Å². The lowest BCUT2D eigenvalue weighted by atomic mass is 9.83. The number of nitrogens with two attached hydrogens (primary N) is 1. The maximum Gasteiger partial charge on any atom is 0.119 e. The highest BCUT2D eigenvalue weighted by Crippen LogP contribution is 2.37. The van der Waals surface area contributed by atoms with Crippen LogP contribution < -0.4 is 5.73 Å². The van der Waals surface area contributed by atoms with Crippen molar-refractivity contribution in [2.75, 3.05) is 0 Å². The van der Waals surface area contributed by atoms with Crippen LogP contribution in [0.25, 0.3) is 0 Å². The molecule has 15 heavy (non-hydrogen) atoms. The molecule has 0 atom stereocenters. The van der Waals surface area contributed by atoms with Crippen LogP contribution >= 0.6 is 0 Å². The normalized spacial score (nSPS) is 17.9. The van der Waals surface area contributed by atoms with Crippen molar-refractivity contribution in [1.82, 2.24) is 0 Å². The minimum atomic E-state index is 0.435. The van der Waals surface area contributed by atoms with Crippen molar-refractivity contribution in [3.63, 3.8) is 0 Å². The zero-order valence-corrected chi connectivity index (χ0v) is 9.08. The van der Waals surface area contributed by atoms with Crippen molar-refractivity contribution in [2.45, 2.75) is 44.6 Å². The average molecular weight is 205 g/mol. The van der Waals surface area contributed by atoms with Gasteiger partial charge in [0.05, 0.1) is 0 Å². The highest BCUT2D eigenvalue weighted by Gasteiger charge is 2.18. The van der Waals surface area contributed by atoms with Gasteiger partial charge in [0, 0.05) is 6.54 Å². The summed E-state index contributed by atoms with van der Waals surface area (Å²) in [5.41, 5.74) is 7.66. The van der Waals surface area contributed by atoms with Gasteiger partial charge in [0.15, 0.2) is 0 Å². The first-order valence-corrected chi connectivity index (χ1v) is 5.83. The van der Waals surface area contributed by atoms with E-state index >= 15 is 0 Å². The quantitative estimate of drug-likeness (QED) is 0.779. The fourth-order valence-corrected chi connectivity index (χ4v) is 2.48. The first kappa shape index (κ1) is 10.5. The molecule has 0 heterocycles. The molecule has 2 heteroatoms. The molecular formula is C13H19NO. The molecule has 0 saturated heterocycles. The van der Waals surface area contributed by atoms with E-state index in [1.54, 1.807) is 0 Å². The summed E-state index contributed by atoms with van der Waals surface area (Å²) in [6.07, 6.45) is 6.37. The maximum absolute atomic E-state index is 9.92. The van der Waals surface area contributed by atoms with Gasteiger partial charge in [0.1, 0.15) is 5.75 Å². The zero-order chi connectivity index (χ0) is 10.7. The fraction of sp³-hybridized carbons (Fsp3) is 0.538. The second-order valence-electron chi connectivity index (χ2n) is 4.43. The number of hydrogen-bond donors (Lipinski definition) is 2. The third-order valence-electron chi connectivity index (χ3n) is 3.38. The van der Waals surface area contributed by atoms with Crippen LogP contribution in [0.15, 0.2) is 18.2 Å². The number of hydrogen-bond acceptors (Lipinski definition) is 2. The van der Waals surface area contributed by atoms with Crippen LogP contribution in [0.1, 0.15) is 49.1 Å². The number of aromatic hydroxyl groups is 1. The Kier molecular flexibility index (Phi) is 3.27. The molecule has 0 bridgehead atoms. The van der Waals surface area contributed by atoms with Gasteiger partial charge in [-0.3, -0.25) is 0 Å². The molecule has 0 aliphatic heterocycles. The van der Waals surface area contributed by atoms with Crippen molar-refractivity contribution in [1.29, 1.82) is 0 Å². The van der Waals surface area contributed by atoms with E-state index in [-0.39, 0.29) is 0 Å². The highest BCUT2D eigenvalue weighted by molar-refractivity contribution is 5.38. The Bertz CT molecular complexity index is 329. The molecule has 1 fully saturated rings. The highest BCUT2D eigenvalue weighted by atomic mass is 16.3. The van der Waals surface area contributed by atoms with E-state index in [9.17, 15) is 5.11 Å². The monoisotopic (exact) mass is 205 g/mol. The van der Waals surface area contributed by atoms with E-state index in [4.69, 9.17) is 5.73 Å². The van der Waals surface area contributed by atoms with Crippen LogP contribution in [0.4, 0.5) is 0 Å². The molecule has 0 aromatic heterocycles. The van der Waals surface area contributed by atoms with Crippen molar-refractivity contribution in [2.24, 2.45) is 5.73 Å². The largest absolute Gasteiger partial charge is 0.508 e. The molecular weight excluding hydrogens is 186 g/mol. The Morgan fingerprint density at radius 2 is 1.93 bits per heavy atom. The Morgan fingerprint density at radius 3 is 2.53 bits per heavy atom. The number of rotatable bonds is 2. The van der Waals surface area contributed by atoms with Gasteiger partial charge < -0.3 is 10.8 Å². The molecule has 2 nitrogen and oxygen atoms in total. The summed E-state index contributed by atoms with van der Waals surface area (Å²) >= 11 is 0. The van der Waals surface area contributed by atoms with Crippen molar-refractivity contribution in [3.05, 3.63) is 29.3 Å². The predicted octanol–water partition coefficient (Wildman–Crippen LogP) is 2.90. The molecule has 1 aliphatic rings. The average Bonchev–Trinajstić information content (AvgIpc) is 2.30. The first-order chi connectivity index (χ1) is 7.31. The topological polar surface area (TPSA) is 46.2 Å². The van der Waals surface area contributed by atoms with Crippen LogP contribution in [-0.2, 0) is 6.54 Å². The molecule has 0 unspecified atom stereocenters. The summed E-state index contributed by atoms with van der Waals surface area (Å²) in [5.74, 6) is 0.996. The summed E-state index contributed by atoms with van der Waals surface area (Å²) in [6.45, 7) is 0.499. The fourth-order valence-electron chi connectivity index (χ4n) is 2.48. The number of benzene rings is 1. The second-order valence-corrected chi connectivity index (χ2v) is 4.43. The standard InChI is InChI=1S/C13H19NO/c14-9-10-6-7-12(13(15)8-10)11-4-2-1-3-5-11/h6-8,11,15H,1-5,9,14H2. The molecule has 2 rings (SSSR count). The van der Waals surface area contributed by atoms with Crippen molar-refractivity contribution >= 4 is 0 Å². The van der Waals surface area contributed by atoms with Gasteiger partial charge in [-0.1, -0.05) is 31.4 Å². The van der Waals surface area contributed by atoms with Gasteiger partial charge in [-0.15, -0.1) is 0 Å². The Morgan fingerprint density at radius 1 is 1.20 bits per heavy atom. The van der Waals surface area contributed by atoms with Crippen molar-refractivity contribution in [3.8, 4) is 5.75 Å². The summed E-state index contributed by atoms with van der Waals surface area (Å²) in [6, 6.07) is 5.89. The molecule has 0 radical (unpaired) electrons. The first-order valence-electron chi connectivity index (χ1n) is 5.83. The van der Waals surface area contributed by atoms with Gasteiger partial charge in [-0.05, 0) is 36.0 Å². The molecule has 3 N–H and O–H groups in total. The Hall–Kier alpha value is -1.02. The lowest BCUT2D eigenvalue weighted by Gasteiger charge is -2.22. The Balaban J connectivity index is 2.19. The summed E-state index contributed by atoms with van der Waals surface area (Å²) < 4.78 is 0. The minimum Gasteiger partial charge on any atom is -0.508 e. The summed E-state index contributed by atoms with van der Waals surface area (Å²) in [7, 11) is 0. The van der Waals surface area contributed by atoms with E-state index in [2.05, 4.69) is 0 Å². The van der Waals surface area contributed by atoms with Crippen LogP contribution in [0.3, 0.4) is 0 Å². The molecule has 1 saturated carbocycles. The van der Waals surface area contributed by atoms with E-state index < -0.39 is 0 Å². The zero-order valence-electron chi connectivity index (χ0n) is 9.08.